The minimum Gasteiger partial charge on any atom is -0.382 e. The van der Waals surface area contributed by atoms with Crippen molar-refractivity contribution in [2.24, 2.45) is 0 Å². The van der Waals surface area contributed by atoms with Crippen LogP contribution in [0, 0.1) is 6.92 Å². The first-order chi connectivity index (χ1) is 8.72. The molecule has 1 aromatic carbocycles. The first kappa shape index (κ1) is 13.3. The fourth-order valence-corrected chi connectivity index (χ4v) is 2.56. The Hall–Kier alpha value is -1.17. The number of hydrogen-bond donors (Lipinski definition) is 1. The van der Waals surface area contributed by atoms with Gasteiger partial charge in [-0.25, -0.2) is 4.98 Å². The molecule has 0 aliphatic heterocycles. The minimum atomic E-state index is 0.0451. The predicted octanol–water partition coefficient (Wildman–Crippen LogP) is 2.68. The van der Waals surface area contributed by atoms with Gasteiger partial charge < -0.3 is 14.8 Å². The van der Waals surface area contributed by atoms with Crippen molar-refractivity contribution in [3.05, 3.63) is 23.8 Å². The summed E-state index contributed by atoms with van der Waals surface area (Å²) in [5.74, 6) is 0. The zero-order valence-electron chi connectivity index (χ0n) is 10.9. The topological polar surface area (TPSA) is 43.4 Å². The lowest BCUT2D eigenvalue weighted by Crippen LogP contribution is -2.26. The summed E-state index contributed by atoms with van der Waals surface area (Å²) in [6.45, 7) is 3.35. The molecule has 4 nitrogen and oxygen atoms in total. The number of rotatable bonds is 6. The smallest absolute Gasteiger partial charge is 0.183 e. The van der Waals surface area contributed by atoms with E-state index in [0.717, 1.165) is 10.6 Å². The van der Waals surface area contributed by atoms with Gasteiger partial charge in [0, 0.05) is 20.8 Å². The zero-order chi connectivity index (χ0) is 13.0. The Morgan fingerprint density at radius 3 is 2.94 bits per heavy atom. The third-order valence-electron chi connectivity index (χ3n) is 2.71. The van der Waals surface area contributed by atoms with Crippen LogP contribution in [0.25, 0.3) is 10.2 Å². The van der Waals surface area contributed by atoms with Gasteiger partial charge in [0.2, 0.25) is 0 Å². The molecule has 0 saturated heterocycles. The normalized spacial score (nSPS) is 12.8. The Labute approximate surface area is 111 Å². The van der Waals surface area contributed by atoms with Crippen LogP contribution in [-0.2, 0) is 9.47 Å². The van der Waals surface area contributed by atoms with E-state index in [1.54, 1.807) is 25.6 Å². The molecule has 0 fully saturated rings. The Morgan fingerprint density at radius 2 is 2.22 bits per heavy atom. The minimum absolute atomic E-state index is 0.0451. The Morgan fingerprint density at radius 1 is 1.39 bits per heavy atom. The van der Waals surface area contributed by atoms with Crippen molar-refractivity contribution in [3.63, 3.8) is 0 Å². The number of methoxy groups -OCH3 is 2. The molecule has 1 N–H and O–H groups in total. The van der Waals surface area contributed by atoms with Crippen molar-refractivity contribution in [2.45, 2.75) is 13.0 Å². The highest BCUT2D eigenvalue weighted by Gasteiger charge is 2.08. The molecule has 0 amide bonds. The van der Waals surface area contributed by atoms with E-state index in [1.165, 1.54) is 10.3 Å². The molecule has 5 heteroatoms. The van der Waals surface area contributed by atoms with Gasteiger partial charge in [-0.05, 0) is 24.6 Å². The molecule has 0 bridgehead atoms. The molecule has 0 aliphatic rings. The molecular formula is C13H18N2O2S. The maximum Gasteiger partial charge on any atom is 0.183 e. The second-order valence-electron chi connectivity index (χ2n) is 4.18. The molecule has 1 unspecified atom stereocenters. The van der Waals surface area contributed by atoms with E-state index in [1.807, 2.05) is 0 Å². The summed E-state index contributed by atoms with van der Waals surface area (Å²) < 4.78 is 11.6. The van der Waals surface area contributed by atoms with Gasteiger partial charge in [-0.1, -0.05) is 17.4 Å². The summed E-state index contributed by atoms with van der Waals surface area (Å²) in [6.07, 6.45) is 0.0451. The van der Waals surface area contributed by atoms with Crippen LogP contribution < -0.4 is 5.32 Å². The number of aryl methyl sites for hydroxylation is 1. The SMILES string of the molecule is COCC(CNc1nc2cc(C)ccc2s1)OC. The highest BCUT2D eigenvalue weighted by atomic mass is 32.1. The maximum atomic E-state index is 5.29. The third kappa shape index (κ3) is 3.19. The Kier molecular flexibility index (Phi) is 4.52. The number of benzene rings is 1. The molecule has 0 radical (unpaired) electrons. The second-order valence-corrected chi connectivity index (χ2v) is 5.21. The molecule has 0 aliphatic carbocycles. The van der Waals surface area contributed by atoms with Crippen LogP contribution in [0.3, 0.4) is 0 Å². The monoisotopic (exact) mass is 266 g/mol. The van der Waals surface area contributed by atoms with Crippen LogP contribution in [0.5, 0.6) is 0 Å². The highest BCUT2D eigenvalue weighted by Crippen LogP contribution is 2.26. The molecule has 18 heavy (non-hydrogen) atoms. The lowest BCUT2D eigenvalue weighted by atomic mass is 10.2. The second kappa shape index (κ2) is 6.13. The summed E-state index contributed by atoms with van der Waals surface area (Å²) in [5, 5.41) is 4.22. The summed E-state index contributed by atoms with van der Waals surface area (Å²) in [7, 11) is 3.36. The average Bonchev–Trinajstić information content (AvgIpc) is 2.76. The number of anilines is 1. The molecule has 2 rings (SSSR count). The van der Waals surface area contributed by atoms with Crippen molar-refractivity contribution in [2.75, 3.05) is 32.7 Å². The lowest BCUT2D eigenvalue weighted by molar-refractivity contribution is 0.0365. The number of hydrogen-bond acceptors (Lipinski definition) is 5. The third-order valence-corrected chi connectivity index (χ3v) is 3.70. The van der Waals surface area contributed by atoms with Crippen LogP contribution in [0.4, 0.5) is 5.13 Å². The number of nitrogens with zero attached hydrogens (tertiary/aromatic N) is 1. The van der Waals surface area contributed by atoms with Crippen molar-refractivity contribution in [3.8, 4) is 0 Å². The summed E-state index contributed by atoms with van der Waals surface area (Å²) in [4.78, 5) is 4.55. The van der Waals surface area contributed by atoms with E-state index in [-0.39, 0.29) is 6.10 Å². The molecule has 1 heterocycles. The van der Waals surface area contributed by atoms with Gasteiger partial charge in [-0.3, -0.25) is 0 Å². The van der Waals surface area contributed by atoms with Gasteiger partial charge in [-0.2, -0.15) is 0 Å². The number of thiazole rings is 1. The fraction of sp³-hybridized carbons (Fsp3) is 0.462. The molecule has 0 spiro atoms. The van der Waals surface area contributed by atoms with Crippen LogP contribution in [0.15, 0.2) is 18.2 Å². The quantitative estimate of drug-likeness (QED) is 0.873. The van der Waals surface area contributed by atoms with Crippen LogP contribution >= 0.6 is 11.3 Å². The first-order valence-electron chi connectivity index (χ1n) is 5.85. The maximum absolute atomic E-state index is 5.29. The Bertz CT molecular complexity index is 513. The number of aromatic nitrogens is 1. The summed E-state index contributed by atoms with van der Waals surface area (Å²) in [5.41, 5.74) is 2.27. The largest absolute Gasteiger partial charge is 0.382 e. The predicted molar refractivity (Wildman–Crippen MR) is 75.5 cm³/mol. The number of fused-ring (bicyclic) bond motifs is 1. The van der Waals surface area contributed by atoms with Crippen molar-refractivity contribution < 1.29 is 9.47 Å². The average molecular weight is 266 g/mol. The van der Waals surface area contributed by atoms with Gasteiger partial charge in [0.05, 0.1) is 22.9 Å². The van der Waals surface area contributed by atoms with E-state index >= 15 is 0 Å². The van der Waals surface area contributed by atoms with E-state index < -0.39 is 0 Å². The van der Waals surface area contributed by atoms with E-state index in [9.17, 15) is 0 Å². The molecule has 1 aromatic heterocycles. The van der Waals surface area contributed by atoms with Gasteiger partial charge in [0.25, 0.3) is 0 Å². The van der Waals surface area contributed by atoms with E-state index in [4.69, 9.17) is 9.47 Å². The van der Waals surface area contributed by atoms with Gasteiger partial charge in [0.1, 0.15) is 0 Å². The standard InChI is InChI=1S/C13H18N2O2S/c1-9-4-5-12-11(6-9)15-13(18-12)14-7-10(17-3)8-16-2/h4-6,10H,7-8H2,1-3H3,(H,14,15). The van der Waals surface area contributed by atoms with Crippen molar-refractivity contribution >= 4 is 26.7 Å². The summed E-state index contributed by atoms with van der Waals surface area (Å²) >= 11 is 1.66. The summed E-state index contributed by atoms with van der Waals surface area (Å²) in [6, 6.07) is 6.31. The Balaban J connectivity index is 2.03. The molecule has 0 saturated carbocycles. The number of ether oxygens (including phenoxy) is 2. The van der Waals surface area contributed by atoms with Gasteiger partial charge in [-0.15, -0.1) is 0 Å². The molecule has 2 aromatic rings. The fourth-order valence-electron chi connectivity index (χ4n) is 1.71. The van der Waals surface area contributed by atoms with Crippen molar-refractivity contribution in [1.82, 2.24) is 4.98 Å². The van der Waals surface area contributed by atoms with Gasteiger partial charge in [0.15, 0.2) is 5.13 Å². The van der Waals surface area contributed by atoms with Crippen LogP contribution in [0.1, 0.15) is 5.56 Å². The lowest BCUT2D eigenvalue weighted by Gasteiger charge is -2.14. The first-order valence-corrected chi connectivity index (χ1v) is 6.67. The van der Waals surface area contributed by atoms with Crippen LogP contribution in [-0.4, -0.2) is 38.5 Å². The highest BCUT2D eigenvalue weighted by molar-refractivity contribution is 7.22. The molecular weight excluding hydrogens is 248 g/mol. The van der Waals surface area contributed by atoms with Crippen LogP contribution in [0.2, 0.25) is 0 Å². The number of nitrogens with one attached hydrogen (secondary N) is 1. The van der Waals surface area contributed by atoms with E-state index in [0.29, 0.717) is 13.2 Å². The van der Waals surface area contributed by atoms with Gasteiger partial charge >= 0.3 is 0 Å². The zero-order valence-corrected chi connectivity index (χ0v) is 11.7. The van der Waals surface area contributed by atoms with E-state index in [2.05, 4.69) is 35.4 Å². The van der Waals surface area contributed by atoms with Crippen molar-refractivity contribution in [1.29, 1.82) is 0 Å². The molecule has 98 valence electrons. The molecule has 1 atom stereocenters.